The predicted molar refractivity (Wildman–Crippen MR) is 61.0 cm³/mol. The maximum absolute atomic E-state index is 11.6. The molecule has 2 saturated heterocycles. The van der Waals surface area contributed by atoms with Crippen LogP contribution < -0.4 is 0 Å². The molecule has 3 unspecified atom stereocenters. The minimum atomic E-state index is 0.248. The number of hydrogen-bond acceptors (Lipinski definition) is 2. The summed E-state index contributed by atoms with van der Waals surface area (Å²) in [7, 11) is 0. The zero-order valence-corrected chi connectivity index (χ0v) is 10.4. The molecule has 1 saturated carbocycles. The fraction of sp³-hybridized carbons (Fsp3) is 0.923. The summed E-state index contributed by atoms with van der Waals surface area (Å²) in [6.07, 6.45) is 4.60. The van der Waals surface area contributed by atoms with Gasteiger partial charge in [-0.05, 0) is 18.8 Å². The van der Waals surface area contributed by atoms with Gasteiger partial charge >= 0.3 is 0 Å². The highest BCUT2D eigenvalue weighted by Gasteiger charge is 2.65. The van der Waals surface area contributed by atoms with Crippen LogP contribution in [0.5, 0.6) is 0 Å². The monoisotopic (exact) mass is 223 g/mol. The van der Waals surface area contributed by atoms with Crippen molar-refractivity contribution in [3.8, 4) is 0 Å². The first-order valence-corrected chi connectivity index (χ1v) is 6.50. The van der Waals surface area contributed by atoms with E-state index in [0.29, 0.717) is 29.6 Å². The lowest BCUT2D eigenvalue weighted by molar-refractivity contribution is -0.161. The van der Waals surface area contributed by atoms with Crippen LogP contribution in [-0.2, 0) is 9.53 Å². The van der Waals surface area contributed by atoms with Gasteiger partial charge in [-0.25, -0.2) is 0 Å². The largest absolute Gasteiger partial charge is 0.370 e. The zero-order chi connectivity index (χ0) is 11.5. The molecule has 1 spiro atoms. The quantitative estimate of drug-likeness (QED) is 0.669. The topological polar surface area (TPSA) is 32.8 Å². The Hall–Kier alpha value is -0.570. The molecule has 0 aromatic heterocycles. The molecule has 0 aromatic carbocycles. The fourth-order valence-electron chi connectivity index (χ4n) is 3.98. The Kier molecular flexibility index (Phi) is 2.13. The van der Waals surface area contributed by atoms with Gasteiger partial charge in [0.05, 0.1) is 12.2 Å². The van der Waals surface area contributed by atoms with Crippen LogP contribution >= 0.6 is 0 Å². The second-order valence-electron chi connectivity index (χ2n) is 5.96. The lowest BCUT2D eigenvalue weighted by atomic mass is 9.64. The van der Waals surface area contributed by atoms with Gasteiger partial charge in [0.25, 0.3) is 0 Å². The van der Waals surface area contributed by atoms with Crippen molar-refractivity contribution in [2.45, 2.75) is 58.3 Å². The van der Waals surface area contributed by atoms with E-state index in [-0.39, 0.29) is 5.91 Å². The van der Waals surface area contributed by atoms with Crippen molar-refractivity contribution in [1.29, 1.82) is 0 Å². The number of nitrogens with zero attached hydrogens (tertiary/aromatic N) is 1. The summed E-state index contributed by atoms with van der Waals surface area (Å²) < 4.78 is 5.54. The van der Waals surface area contributed by atoms with Gasteiger partial charge in [0.2, 0.25) is 5.91 Å². The van der Waals surface area contributed by atoms with Crippen molar-refractivity contribution in [1.82, 2.24) is 4.90 Å². The molecule has 3 fully saturated rings. The Labute approximate surface area is 97.1 Å². The molecule has 3 heteroatoms. The molecule has 2 aliphatic heterocycles. The van der Waals surface area contributed by atoms with Gasteiger partial charge in [-0.15, -0.1) is 0 Å². The van der Waals surface area contributed by atoms with E-state index in [4.69, 9.17) is 4.74 Å². The zero-order valence-electron chi connectivity index (χ0n) is 10.4. The average molecular weight is 223 g/mol. The highest BCUT2D eigenvalue weighted by atomic mass is 16.6. The number of carbonyl (C=O) groups is 1. The van der Waals surface area contributed by atoms with Gasteiger partial charge in [0, 0.05) is 24.9 Å². The summed E-state index contributed by atoms with van der Waals surface area (Å²) in [5.41, 5.74) is 0.411. The van der Waals surface area contributed by atoms with Crippen molar-refractivity contribution in [3.63, 3.8) is 0 Å². The van der Waals surface area contributed by atoms with E-state index in [0.717, 1.165) is 13.0 Å². The number of fused-ring (bicyclic) bond motifs is 1. The van der Waals surface area contributed by atoms with Crippen molar-refractivity contribution in [2.75, 3.05) is 6.54 Å². The minimum absolute atomic E-state index is 0.248. The number of carbonyl (C=O) groups excluding carboxylic acids is 1. The van der Waals surface area contributed by atoms with E-state index in [1.807, 2.05) is 0 Å². The standard InChI is InChI=1S/C13H21NO2/c1-4-8(2)12-13(7-14(12)9(3)15)5-10-11(6-13)16-10/h8,10-12H,4-7H2,1-3H3/t8?,10-,11+,12?,13?. The van der Waals surface area contributed by atoms with Crippen molar-refractivity contribution >= 4 is 5.91 Å². The molecule has 3 nitrogen and oxygen atoms in total. The smallest absolute Gasteiger partial charge is 0.219 e. The molecule has 3 rings (SSSR count). The molecule has 5 atom stereocenters. The van der Waals surface area contributed by atoms with E-state index < -0.39 is 0 Å². The number of epoxide rings is 1. The Morgan fingerprint density at radius 3 is 2.62 bits per heavy atom. The van der Waals surface area contributed by atoms with Gasteiger partial charge in [0.15, 0.2) is 0 Å². The first kappa shape index (κ1) is 10.6. The van der Waals surface area contributed by atoms with E-state index in [9.17, 15) is 4.79 Å². The van der Waals surface area contributed by atoms with Crippen LogP contribution in [0.3, 0.4) is 0 Å². The Bertz CT molecular complexity index is 318. The summed E-state index contributed by atoms with van der Waals surface area (Å²) >= 11 is 0. The molecule has 16 heavy (non-hydrogen) atoms. The van der Waals surface area contributed by atoms with Gasteiger partial charge in [-0.2, -0.15) is 0 Å². The highest BCUT2D eigenvalue weighted by molar-refractivity contribution is 5.75. The maximum Gasteiger partial charge on any atom is 0.219 e. The predicted octanol–water partition coefficient (Wildman–Crippen LogP) is 1.81. The first-order chi connectivity index (χ1) is 7.57. The van der Waals surface area contributed by atoms with Gasteiger partial charge in [-0.3, -0.25) is 4.79 Å². The van der Waals surface area contributed by atoms with Crippen molar-refractivity contribution in [3.05, 3.63) is 0 Å². The van der Waals surface area contributed by atoms with Crippen LogP contribution in [-0.4, -0.2) is 35.6 Å². The molecule has 0 aromatic rings. The third-order valence-electron chi connectivity index (χ3n) is 4.94. The first-order valence-electron chi connectivity index (χ1n) is 6.50. The number of ether oxygens (including phenoxy) is 1. The fourth-order valence-corrected chi connectivity index (χ4v) is 3.98. The Morgan fingerprint density at radius 1 is 1.50 bits per heavy atom. The number of rotatable bonds is 2. The van der Waals surface area contributed by atoms with Crippen LogP contribution in [0.4, 0.5) is 0 Å². The molecule has 1 amide bonds. The van der Waals surface area contributed by atoms with Crippen molar-refractivity contribution in [2.24, 2.45) is 11.3 Å². The number of amides is 1. The normalized spacial score (nSPS) is 46.4. The van der Waals surface area contributed by atoms with Gasteiger partial charge < -0.3 is 9.64 Å². The number of likely N-dealkylation sites (tertiary alicyclic amines) is 1. The van der Waals surface area contributed by atoms with Crippen LogP contribution in [0.2, 0.25) is 0 Å². The van der Waals surface area contributed by atoms with Crippen LogP contribution in [0.1, 0.15) is 40.0 Å². The van der Waals surface area contributed by atoms with Crippen molar-refractivity contribution < 1.29 is 9.53 Å². The third-order valence-corrected chi connectivity index (χ3v) is 4.94. The second kappa shape index (κ2) is 3.22. The molecular formula is C13H21NO2. The molecular weight excluding hydrogens is 202 g/mol. The Morgan fingerprint density at radius 2 is 2.12 bits per heavy atom. The second-order valence-corrected chi connectivity index (χ2v) is 5.96. The average Bonchev–Trinajstić information content (AvgIpc) is 2.82. The highest BCUT2D eigenvalue weighted by Crippen LogP contribution is 2.59. The summed E-state index contributed by atoms with van der Waals surface area (Å²) in [6, 6.07) is 0.478. The van der Waals surface area contributed by atoms with Gasteiger partial charge in [0.1, 0.15) is 0 Å². The lowest BCUT2D eigenvalue weighted by Crippen LogP contribution is -2.67. The van der Waals surface area contributed by atoms with Crippen LogP contribution in [0.15, 0.2) is 0 Å². The summed E-state index contributed by atoms with van der Waals surface area (Å²) in [5, 5.41) is 0. The van der Waals surface area contributed by atoms with Crippen LogP contribution in [0, 0.1) is 11.3 Å². The van der Waals surface area contributed by atoms with E-state index in [1.54, 1.807) is 6.92 Å². The van der Waals surface area contributed by atoms with Crippen LogP contribution in [0.25, 0.3) is 0 Å². The molecule has 3 aliphatic rings. The molecule has 90 valence electrons. The lowest BCUT2D eigenvalue weighted by Gasteiger charge is -2.59. The molecule has 2 heterocycles. The molecule has 0 N–H and O–H groups in total. The van der Waals surface area contributed by atoms with E-state index in [1.165, 1.54) is 12.8 Å². The third kappa shape index (κ3) is 1.27. The molecule has 1 aliphatic carbocycles. The van der Waals surface area contributed by atoms with E-state index >= 15 is 0 Å². The SMILES string of the molecule is CCC(C)C1N(C(C)=O)CC12C[C@@H]1O[C@@H]1C2. The van der Waals surface area contributed by atoms with Gasteiger partial charge in [-0.1, -0.05) is 20.3 Å². The minimum Gasteiger partial charge on any atom is -0.370 e. The van der Waals surface area contributed by atoms with E-state index in [2.05, 4.69) is 18.7 Å². The summed E-state index contributed by atoms with van der Waals surface area (Å²) in [4.78, 5) is 13.7. The molecule has 0 radical (unpaired) electrons. The maximum atomic E-state index is 11.6. The Balaban J connectivity index is 1.78. The number of hydrogen-bond donors (Lipinski definition) is 0. The summed E-state index contributed by atoms with van der Waals surface area (Å²) in [6.45, 7) is 7.19. The molecule has 0 bridgehead atoms. The summed E-state index contributed by atoms with van der Waals surface area (Å²) in [5.74, 6) is 0.868.